The molecule has 30 heavy (non-hydrogen) atoms. The number of halogens is 2. The molecule has 2 fully saturated rings. The van der Waals surface area contributed by atoms with Gasteiger partial charge in [0.25, 0.3) is 0 Å². The quantitative estimate of drug-likeness (QED) is 0.342. The molecule has 2 N–H and O–H groups in total. The Morgan fingerprint density at radius 2 is 2.07 bits per heavy atom. The maximum absolute atomic E-state index is 14.0. The summed E-state index contributed by atoms with van der Waals surface area (Å²) in [6, 6.07) is 11.4. The summed E-state index contributed by atoms with van der Waals surface area (Å²) in [4.78, 5) is 10.5. The van der Waals surface area contributed by atoms with Gasteiger partial charge in [0.15, 0.2) is 17.6 Å². The van der Waals surface area contributed by atoms with Crippen LogP contribution in [0.15, 0.2) is 47.6 Å². The van der Waals surface area contributed by atoms with Crippen molar-refractivity contribution in [1.29, 1.82) is 0 Å². The SMILES string of the molecule is CN=C(NCc1ccccc1OC1CCC1)NC1CCN(c2ncccc2F)C1.I. The van der Waals surface area contributed by atoms with E-state index in [0.717, 1.165) is 43.1 Å². The first-order chi connectivity index (χ1) is 14.2. The van der Waals surface area contributed by atoms with Gasteiger partial charge in [0, 0.05) is 44.5 Å². The predicted octanol–water partition coefficient (Wildman–Crippen LogP) is 3.71. The van der Waals surface area contributed by atoms with Gasteiger partial charge in [-0.25, -0.2) is 9.37 Å². The number of para-hydroxylation sites is 1. The monoisotopic (exact) mass is 525 g/mol. The number of hydrogen-bond acceptors (Lipinski definition) is 4. The van der Waals surface area contributed by atoms with Crippen molar-refractivity contribution in [3.05, 3.63) is 54.0 Å². The van der Waals surface area contributed by atoms with Gasteiger partial charge in [-0.1, -0.05) is 18.2 Å². The summed E-state index contributed by atoms with van der Waals surface area (Å²) in [6.07, 6.45) is 6.41. The standard InChI is InChI=1S/C22H28FN5O.HI/c1-24-22(26-14-16-6-2-3-10-20(16)29-18-7-4-8-18)27-17-11-13-28(15-17)21-19(23)9-5-12-25-21;/h2-3,5-6,9-10,12,17-18H,4,7-8,11,13-15H2,1H3,(H2,24,26,27);1H. The lowest BCUT2D eigenvalue weighted by atomic mass is 9.96. The third-order valence-corrected chi connectivity index (χ3v) is 5.56. The largest absolute Gasteiger partial charge is 0.490 e. The van der Waals surface area contributed by atoms with E-state index in [4.69, 9.17) is 4.74 Å². The first-order valence-electron chi connectivity index (χ1n) is 10.3. The Kier molecular flexibility index (Phi) is 8.12. The van der Waals surface area contributed by atoms with Crippen LogP contribution in [0.5, 0.6) is 5.75 Å². The van der Waals surface area contributed by atoms with E-state index in [1.807, 2.05) is 23.1 Å². The van der Waals surface area contributed by atoms with Crippen molar-refractivity contribution >= 4 is 35.8 Å². The van der Waals surface area contributed by atoms with Crippen LogP contribution in [0.3, 0.4) is 0 Å². The summed E-state index contributed by atoms with van der Waals surface area (Å²) < 4.78 is 20.1. The fourth-order valence-corrected chi connectivity index (χ4v) is 3.68. The molecule has 1 aliphatic carbocycles. The zero-order chi connectivity index (χ0) is 20.1. The van der Waals surface area contributed by atoms with Crippen LogP contribution in [0.1, 0.15) is 31.2 Å². The number of guanidine groups is 1. The van der Waals surface area contributed by atoms with Gasteiger partial charge in [-0.2, -0.15) is 0 Å². The summed E-state index contributed by atoms with van der Waals surface area (Å²) in [5.74, 6) is 1.81. The summed E-state index contributed by atoms with van der Waals surface area (Å²) in [5, 5.41) is 6.82. The summed E-state index contributed by atoms with van der Waals surface area (Å²) in [5.41, 5.74) is 1.12. The molecule has 1 unspecified atom stereocenters. The van der Waals surface area contributed by atoms with E-state index in [-0.39, 0.29) is 35.8 Å². The maximum atomic E-state index is 14.0. The topological polar surface area (TPSA) is 61.8 Å². The summed E-state index contributed by atoms with van der Waals surface area (Å²) >= 11 is 0. The Morgan fingerprint density at radius 3 is 2.80 bits per heavy atom. The lowest BCUT2D eigenvalue weighted by Crippen LogP contribution is -2.44. The van der Waals surface area contributed by atoms with Crippen molar-refractivity contribution in [3.63, 3.8) is 0 Å². The molecule has 162 valence electrons. The maximum Gasteiger partial charge on any atom is 0.191 e. The normalized spacial score (nSPS) is 19.1. The number of aromatic nitrogens is 1. The zero-order valence-corrected chi connectivity index (χ0v) is 19.5. The second kappa shape index (κ2) is 10.8. The van der Waals surface area contributed by atoms with E-state index < -0.39 is 0 Å². The van der Waals surface area contributed by atoms with Gasteiger partial charge in [-0.05, 0) is 43.9 Å². The number of rotatable bonds is 6. The molecule has 0 bridgehead atoms. The van der Waals surface area contributed by atoms with Crippen LogP contribution < -0.4 is 20.3 Å². The minimum absolute atomic E-state index is 0. The highest BCUT2D eigenvalue weighted by Gasteiger charge is 2.26. The molecule has 2 heterocycles. The first kappa shape index (κ1) is 22.6. The predicted molar refractivity (Wildman–Crippen MR) is 128 cm³/mol. The van der Waals surface area contributed by atoms with Crippen LogP contribution in [0, 0.1) is 5.82 Å². The average molecular weight is 525 g/mol. The second-order valence-corrected chi connectivity index (χ2v) is 7.59. The average Bonchev–Trinajstić information content (AvgIpc) is 3.17. The summed E-state index contributed by atoms with van der Waals surface area (Å²) in [6.45, 7) is 2.09. The van der Waals surface area contributed by atoms with Gasteiger partial charge in [0.1, 0.15) is 5.75 Å². The number of ether oxygens (including phenoxy) is 1. The van der Waals surface area contributed by atoms with Crippen LogP contribution in [0.25, 0.3) is 0 Å². The van der Waals surface area contributed by atoms with Crippen LogP contribution in [0.4, 0.5) is 10.2 Å². The Morgan fingerprint density at radius 1 is 1.23 bits per heavy atom. The molecule has 4 rings (SSSR count). The Labute approximate surface area is 194 Å². The number of pyridine rings is 1. The van der Waals surface area contributed by atoms with Gasteiger partial charge in [0.2, 0.25) is 0 Å². The van der Waals surface area contributed by atoms with E-state index >= 15 is 0 Å². The van der Waals surface area contributed by atoms with E-state index in [2.05, 4.69) is 26.7 Å². The molecule has 1 aromatic carbocycles. The summed E-state index contributed by atoms with van der Waals surface area (Å²) in [7, 11) is 1.76. The lowest BCUT2D eigenvalue weighted by molar-refractivity contribution is 0.119. The molecule has 2 aromatic rings. The Hall–Kier alpha value is -2.10. The highest BCUT2D eigenvalue weighted by Crippen LogP contribution is 2.27. The van der Waals surface area contributed by atoms with Crippen molar-refractivity contribution in [2.24, 2.45) is 4.99 Å². The number of anilines is 1. The smallest absolute Gasteiger partial charge is 0.191 e. The molecule has 1 aliphatic heterocycles. The van der Waals surface area contributed by atoms with Crippen LogP contribution in [-0.2, 0) is 6.54 Å². The molecule has 0 amide bonds. The van der Waals surface area contributed by atoms with E-state index in [1.165, 1.54) is 12.5 Å². The molecule has 8 heteroatoms. The van der Waals surface area contributed by atoms with E-state index in [9.17, 15) is 4.39 Å². The van der Waals surface area contributed by atoms with E-state index in [1.54, 1.807) is 19.3 Å². The number of nitrogens with zero attached hydrogens (tertiary/aromatic N) is 3. The molecule has 6 nitrogen and oxygen atoms in total. The Balaban J connectivity index is 0.00000256. The minimum atomic E-state index is -0.279. The molecule has 1 saturated heterocycles. The van der Waals surface area contributed by atoms with Crippen LogP contribution in [0.2, 0.25) is 0 Å². The molecule has 2 aliphatic rings. The van der Waals surface area contributed by atoms with Crippen LogP contribution >= 0.6 is 24.0 Å². The van der Waals surface area contributed by atoms with Crippen LogP contribution in [-0.4, -0.2) is 43.2 Å². The van der Waals surface area contributed by atoms with Crippen molar-refractivity contribution < 1.29 is 9.13 Å². The molecule has 1 saturated carbocycles. The third kappa shape index (κ3) is 5.53. The zero-order valence-electron chi connectivity index (χ0n) is 17.2. The number of aliphatic imine (C=N–C) groups is 1. The molecule has 1 atom stereocenters. The second-order valence-electron chi connectivity index (χ2n) is 7.59. The van der Waals surface area contributed by atoms with Crippen molar-refractivity contribution in [3.8, 4) is 5.75 Å². The van der Waals surface area contributed by atoms with Gasteiger partial charge in [-0.15, -0.1) is 24.0 Å². The minimum Gasteiger partial charge on any atom is -0.490 e. The molecule has 1 aromatic heterocycles. The Bertz CT molecular complexity index is 861. The number of nitrogens with one attached hydrogen (secondary N) is 2. The van der Waals surface area contributed by atoms with Gasteiger partial charge < -0.3 is 20.3 Å². The number of benzene rings is 1. The molecule has 0 spiro atoms. The fourth-order valence-electron chi connectivity index (χ4n) is 3.68. The van der Waals surface area contributed by atoms with Crippen molar-refractivity contribution in [1.82, 2.24) is 15.6 Å². The van der Waals surface area contributed by atoms with Gasteiger partial charge >= 0.3 is 0 Å². The highest BCUT2D eigenvalue weighted by molar-refractivity contribution is 14.0. The fraction of sp³-hybridized carbons (Fsp3) is 0.455. The third-order valence-electron chi connectivity index (χ3n) is 5.56. The van der Waals surface area contributed by atoms with Gasteiger partial charge in [-0.3, -0.25) is 4.99 Å². The molecular weight excluding hydrogens is 496 g/mol. The number of hydrogen-bond donors (Lipinski definition) is 2. The van der Waals surface area contributed by atoms with Gasteiger partial charge in [0.05, 0.1) is 6.10 Å². The van der Waals surface area contributed by atoms with E-state index in [0.29, 0.717) is 25.0 Å². The molecule has 0 radical (unpaired) electrons. The first-order valence-corrected chi connectivity index (χ1v) is 10.3. The van der Waals surface area contributed by atoms with Crippen molar-refractivity contribution in [2.45, 2.75) is 44.4 Å². The van der Waals surface area contributed by atoms with Crippen molar-refractivity contribution in [2.75, 3.05) is 25.0 Å². The lowest BCUT2D eigenvalue weighted by Gasteiger charge is -2.27. The highest BCUT2D eigenvalue weighted by atomic mass is 127. The molecular formula is C22H29FIN5O.